The minimum Gasteiger partial charge on any atom is -0.337 e. The number of hydrogen-bond donors (Lipinski definition) is 0. The van der Waals surface area contributed by atoms with Gasteiger partial charge in [-0.2, -0.15) is 22.5 Å². The first-order valence-corrected chi connectivity index (χ1v) is 10.8. The zero-order valence-corrected chi connectivity index (χ0v) is 16.9. The quantitative estimate of drug-likeness (QED) is 0.555. The summed E-state index contributed by atoms with van der Waals surface area (Å²) in [5.74, 6) is -0.0198. The highest BCUT2D eigenvalue weighted by Crippen LogP contribution is 2.38. The van der Waals surface area contributed by atoms with E-state index in [2.05, 4.69) is 10.1 Å². The fourth-order valence-corrected chi connectivity index (χ4v) is 5.52. The lowest BCUT2D eigenvalue weighted by Crippen LogP contribution is -2.31. The van der Waals surface area contributed by atoms with Gasteiger partial charge < -0.3 is 4.52 Å². The zero-order chi connectivity index (χ0) is 21.5. The number of hydrogen-bond acceptors (Lipinski definition) is 5. The van der Waals surface area contributed by atoms with Gasteiger partial charge in [0.05, 0.1) is 10.6 Å². The number of halogens is 4. The molecular weight excluding hydrogens is 443 g/mol. The normalized spacial score (nSPS) is 18.1. The topological polar surface area (TPSA) is 76.3 Å². The minimum atomic E-state index is -4.51. The summed E-state index contributed by atoms with van der Waals surface area (Å²) < 4.78 is 71.6. The van der Waals surface area contributed by atoms with E-state index in [-0.39, 0.29) is 33.7 Å². The van der Waals surface area contributed by atoms with Gasteiger partial charge in [-0.25, -0.2) is 8.42 Å². The van der Waals surface area contributed by atoms with Crippen LogP contribution < -0.4 is 0 Å². The first-order valence-electron chi connectivity index (χ1n) is 8.95. The van der Waals surface area contributed by atoms with Crippen LogP contribution in [0, 0.1) is 0 Å². The molecule has 0 bridgehead atoms. The summed E-state index contributed by atoms with van der Waals surface area (Å²) in [4.78, 5) is 4.15. The number of rotatable bonds is 4. The van der Waals surface area contributed by atoms with Gasteiger partial charge >= 0.3 is 6.18 Å². The van der Waals surface area contributed by atoms with Crippen LogP contribution in [0.1, 0.15) is 30.3 Å². The van der Waals surface area contributed by atoms with Crippen molar-refractivity contribution in [3.05, 3.63) is 65.0 Å². The molecule has 1 aliphatic rings. The van der Waals surface area contributed by atoms with Crippen molar-refractivity contribution in [3.63, 3.8) is 0 Å². The van der Waals surface area contributed by atoms with Crippen LogP contribution in [0.2, 0.25) is 5.02 Å². The van der Waals surface area contributed by atoms with E-state index in [9.17, 15) is 21.6 Å². The van der Waals surface area contributed by atoms with Crippen molar-refractivity contribution >= 4 is 21.6 Å². The highest BCUT2D eigenvalue weighted by molar-refractivity contribution is 7.89. The van der Waals surface area contributed by atoms with Crippen molar-refractivity contribution < 1.29 is 26.1 Å². The Morgan fingerprint density at radius 2 is 1.90 bits per heavy atom. The summed E-state index contributed by atoms with van der Waals surface area (Å²) in [6.45, 7) is 0.236. The molecule has 1 fully saturated rings. The van der Waals surface area contributed by atoms with Crippen molar-refractivity contribution in [2.45, 2.75) is 30.0 Å². The average molecular weight is 458 g/mol. The monoisotopic (exact) mass is 457 g/mol. The third-order valence-corrected chi connectivity index (χ3v) is 7.21. The van der Waals surface area contributed by atoms with Gasteiger partial charge in [-0.15, -0.1) is 0 Å². The van der Waals surface area contributed by atoms with Crippen LogP contribution in [0.25, 0.3) is 11.4 Å². The Balaban J connectivity index is 1.66. The van der Waals surface area contributed by atoms with Crippen molar-refractivity contribution in [3.8, 4) is 11.4 Å². The van der Waals surface area contributed by atoms with Crippen LogP contribution in [-0.4, -0.2) is 29.4 Å². The molecule has 0 radical (unpaired) electrons. The van der Waals surface area contributed by atoms with E-state index in [4.69, 9.17) is 16.1 Å². The van der Waals surface area contributed by atoms with Gasteiger partial charge in [0.1, 0.15) is 10.9 Å². The van der Waals surface area contributed by atoms with Crippen molar-refractivity contribution in [2.24, 2.45) is 0 Å². The Morgan fingerprint density at radius 3 is 2.63 bits per heavy atom. The number of alkyl halides is 3. The minimum absolute atomic E-state index is 0.0236. The number of sulfonamides is 1. The van der Waals surface area contributed by atoms with Gasteiger partial charge in [-0.3, -0.25) is 0 Å². The molecule has 30 heavy (non-hydrogen) atoms. The Bertz CT molecular complexity index is 1180. The van der Waals surface area contributed by atoms with Gasteiger partial charge in [0.2, 0.25) is 21.7 Å². The Labute approximate surface area is 175 Å². The van der Waals surface area contributed by atoms with Crippen LogP contribution >= 0.6 is 11.6 Å². The SMILES string of the molecule is O=S(=O)(c1ccccc1Cl)N1CCC[C@H]1c1nc(-c2cccc(C(F)(F)F)c2)no1. The summed E-state index contributed by atoms with van der Waals surface area (Å²) in [6.07, 6.45) is -3.50. The van der Waals surface area contributed by atoms with E-state index in [0.717, 1.165) is 12.1 Å². The highest BCUT2D eigenvalue weighted by atomic mass is 35.5. The molecule has 0 aliphatic carbocycles. The van der Waals surface area contributed by atoms with E-state index in [1.807, 2.05) is 0 Å². The molecule has 1 aliphatic heterocycles. The molecule has 158 valence electrons. The van der Waals surface area contributed by atoms with Crippen LogP contribution in [-0.2, 0) is 16.2 Å². The summed E-state index contributed by atoms with van der Waals surface area (Å²) in [5, 5.41) is 3.86. The number of benzene rings is 2. The maximum Gasteiger partial charge on any atom is 0.416 e. The Kier molecular flexibility index (Phi) is 5.33. The third-order valence-electron chi connectivity index (χ3n) is 4.80. The van der Waals surface area contributed by atoms with Gasteiger partial charge in [0, 0.05) is 12.1 Å². The summed E-state index contributed by atoms with van der Waals surface area (Å²) in [5.41, 5.74) is -0.714. The Hall–Kier alpha value is -2.43. The summed E-state index contributed by atoms with van der Waals surface area (Å²) in [6, 6.07) is 9.91. The average Bonchev–Trinajstić information content (AvgIpc) is 3.37. The standard InChI is InChI=1S/C19H15ClF3N3O3S/c20-14-7-1-2-9-16(14)30(27,28)26-10-4-8-15(26)18-24-17(25-29-18)12-5-3-6-13(11-12)19(21,22)23/h1-3,5-7,9,11,15H,4,8,10H2/t15-/m0/s1. The first kappa shape index (κ1) is 20.8. The zero-order valence-electron chi connectivity index (χ0n) is 15.3. The molecule has 3 aromatic rings. The molecule has 0 unspecified atom stereocenters. The van der Waals surface area contributed by atoms with Crippen LogP contribution in [0.15, 0.2) is 57.9 Å². The van der Waals surface area contributed by atoms with E-state index >= 15 is 0 Å². The van der Waals surface area contributed by atoms with Crippen LogP contribution in [0.5, 0.6) is 0 Å². The Morgan fingerprint density at radius 1 is 1.13 bits per heavy atom. The van der Waals surface area contributed by atoms with Crippen molar-refractivity contribution in [1.82, 2.24) is 14.4 Å². The van der Waals surface area contributed by atoms with Crippen LogP contribution in [0.4, 0.5) is 13.2 Å². The summed E-state index contributed by atoms with van der Waals surface area (Å²) in [7, 11) is -3.92. The van der Waals surface area contributed by atoms with Crippen molar-refractivity contribution in [1.29, 1.82) is 0 Å². The predicted molar refractivity (Wildman–Crippen MR) is 102 cm³/mol. The maximum absolute atomic E-state index is 13.1. The van der Waals surface area contributed by atoms with Crippen LogP contribution in [0.3, 0.4) is 0 Å². The summed E-state index contributed by atoms with van der Waals surface area (Å²) >= 11 is 6.07. The molecule has 0 amide bonds. The smallest absolute Gasteiger partial charge is 0.337 e. The molecule has 0 saturated carbocycles. The molecule has 1 aromatic heterocycles. The largest absolute Gasteiger partial charge is 0.416 e. The fourth-order valence-electron chi connectivity index (χ4n) is 3.38. The lowest BCUT2D eigenvalue weighted by Gasteiger charge is -2.21. The molecule has 0 spiro atoms. The molecule has 0 N–H and O–H groups in total. The molecule has 4 rings (SSSR count). The fraction of sp³-hybridized carbons (Fsp3) is 0.263. The molecule has 2 aromatic carbocycles. The predicted octanol–water partition coefficient (Wildman–Crippen LogP) is 4.93. The van der Waals surface area contributed by atoms with Crippen molar-refractivity contribution in [2.75, 3.05) is 6.54 Å². The molecule has 1 atom stereocenters. The van der Waals surface area contributed by atoms with E-state index in [1.165, 1.54) is 28.6 Å². The maximum atomic E-state index is 13.1. The molecule has 6 nitrogen and oxygen atoms in total. The molecule has 1 saturated heterocycles. The molecule has 11 heteroatoms. The highest BCUT2D eigenvalue weighted by Gasteiger charge is 2.40. The van der Waals surface area contributed by atoms with Gasteiger partial charge in [0.25, 0.3) is 0 Å². The lowest BCUT2D eigenvalue weighted by atomic mass is 10.1. The second kappa shape index (κ2) is 7.68. The second-order valence-corrected chi connectivity index (χ2v) is 9.01. The molecule has 2 heterocycles. The first-order chi connectivity index (χ1) is 14.2. The van der Waals surface area contributed by atoms with E-state index < -0.39 is 27.8 Å². The van der Waals surface area contributed by atoms with E-state index in [0.29, 0.717) is 12.8 Å². The number of aromatic nitrogens is 2. The molecular formula is C19H15ClF3N3O3S. The number of nitrogens with zero attached hydrogens (tertiary/aromatic N) is 3. The van der Waals surface area contributed by atoms with Gasteiger partial charge in [-0.05, 0) is 37.1 Å². The lowest BCUT2D eigenvalue weighted by molar-refractivity contribution is -0.137. The second-order valence-electron chi connectivity index (χ2n) is 6.74. The third kappa shape index (κ3) is 3.82. The van der Waals surface area contributed by atoms with Gasteiger partial charge in [0.15, 0.2) is 0 Å². The van der Waals surface area contributed by atoms with E-state index in [1.54, 1.807) is 12.1 Å². The van der Waals surface area contributed by atoms with Gasteiger partial charge in [-0.1, -0.05) is 41.0 Å².